The highest BCUT2D eigenvalue weighted by atomic mass is 32.1. The van der Waals surface area contributed by atoms with Gasteiger partial charge in [0.25, 0.3) is 0 Å². The van der Waals surface area contributed by atoms with Crippen molar-refractivity contribution in [3.63, 3.8) is 0 Å². The molecule has 2 N–H and O–H groups in total. The fourth-order valence-electron chi connectivity index (χ4n) is 2.12. The van der Waals surface area contributed by atoms with Crippen molar-refractivity contribution in [1.29, 1.82) is 0 Å². The molecule has 0 heterocycles. The largest absolute Gasteiger partial charge is 0.382 e. The molecule has 0 spiro atoms. The Morgan fingerprint density at radius 1 is 1.24 bits per heavy atom. The molecule has 0 rings (SSSR count). The Kier molecular flexibility index (Phi) is 13.4. The first-order chi connectivity index (χ1) is 10.2. The predicted molar refractivity (Wildman–Crippen MR) is 99.8 cm³/mol. The Bertz CT molecular complexity index is 323. The van der Waals surface area contributed by atoms with Crippen molar-refractivity contribution in [3.05, 3.63) is 37.0 Å². The minimum Gasteiger partial charge on any atom is -0.382 e. The minimum absolute atomic E-state index is 0.331. The molecule has 0 aromatic heterocycles. The Balaban J connectivity index is 4.00. The van der Waals surface area contributed by atoms with Gasteiger partial charge in [0.1, 0.15) is 0 Å². The molecule has 2 unspecified atom stereocenters. The topological polar surface area (TPSA) is 24.1 Å². The number of nitrogens with one attached hydrogen (secondary N) is 2. The Morgan fingerprint density at radius 3 is 2.52 bits per heavy atom. The molecule has 0 saturated carbocycles. The third-order valence-electron chi connectivity index (χ3n) is 3.61. The molecule has 0 aliphatic rings. The van der Waals surface area contributed by atoms with Crippen molar-refractivity contribution >= 4 is 17.7 Å². The van der Waals surface area contributed by atoms with Crippen LogP contribution in [-0.2, 0) is 0 Å². The van der Waals surface area contributed by atoms with E-state index in [1.807, 2.05) is 12.2 Å². The third-order valence-corrected chi connectivity index (χ3v) is 3.77. The lowest BCUT2D eigenvalue weighted by atomic mass is 10.0. The lowest BCUT2D eigenvalue weighted by Gasteiger charge is -2.17. The lowest BCUT2D eigenvalue weighted by Crippen LogP contribution is -2.29. The van der Waals surface area contributed by atoms with Gasteiger partial charge in [-0.2, -0.15) is 0 Å². The van der Waals surface area contributed by atoms with E-state index in [1.54, 1.807) is 5.49 Å². The van der Waals surface area contributed by atoms with Gasteiger partial charge in [-0.1, -0.05) is 62.9 Å². The predicted octanol–water partition coefficient (Wildman–Crippen LogP) is 4.40. The van der Waals surface area contributed by atoms with E-state index in [9.17, 15) is 0 Å². The number of thiocarbonyl (C=S) groups is 1. The van der Waals surface area contributed by atoms with Gasteiger partial charge in [0.2, 0.25) is 0 Å². The van der Waals surface area contributed by atoms with Crippen LogP contribution in [-0.4, -0.2) is 24.6 Å². The van der Waals surface area contributed by atoms with Gasteiger partial charge in [0.15, 0.2) is 0 Å². The van der Waals surface area contributed by atoms with Crippen LogP contribution in [0.3, 0.4) is 0 Å². The van der Waals surface area contributed by atoms with Crippen molar-refractivity contribution in [2.75, 3.05) is 13.1 Å². The molecule has 2 nitrogen and oxygen atoms in total. The summed E-state index contributed by atoms with van der Waals surface area (Å²) in [6, 6.07) is 0.331. The zero-order valence-corrected chi connectivity index (χ0v) is 14.6. The van der Waals surface area contributed by atoms with Gasteiger partial charge in [-0.3, -0.25) is 0 Å². The molecule has 0 aromatic carbocycles. The van der Waals surface area contributed by atoms with E-state index in [0.717, 1.165) is 32.4 Å². The number of hydrogen-bond acceptors (Lipinski definition) is 2. The van der Waals surface area contributed by atoms with Crippen molar-refractivity contribution in [2.24, 2.45) is 5.92 Å². The smallest absolute Gasteiger partial charge is 0.0614 e. The fraction of sp³-hybridized carbons (Fsp3) is 0.611. The summed E-state index contributed by atoms with van der Waals surface area (Å²) in [5, 5.41) is 6.65. The molecule has 0 aromatic rings. The summed E-state index contributed by atoms with van der Waals surface area (Å²) in [6.07, 6.45) is 11.9. The second kappa shape index (κ2) is 14.0. The molecule has 3 heteroatoms. The quantitative estimate of drug-likeness (QED) is 0.215. The average molecular weight is 309 g/mol. The van der Waals surface area contributed by atoms with Gasteiger partial charge in [-0.15, -0.1) is 6.58 Å². The van der Waals surface area contributed by atoms with Crippen LogP contribution in [0.5, 0.6) is 0 Å². The van der Waals surface area contributed by atoms with E-state index in [0.29, 0.717) is 12.0 Å². The van der Waals surface area contributed by atoms with E-state index in [-0.39, 0.29) is 0 Å². The third kappa shape index (κ3) is 11.4. The number of rotatable bonds is 14. The highest BCUT2D eigenvalue weighted by Gasteiger charge is 2.07. The Morgan fingerprint density at radius 2 is 1.95 bits per heavy atom. The van der Waals surface area contributed by atoms with Gasteiger partial charge in [-0.25, -0.2) is 0 Å². The van der Waals surface area contributed by atoms with Crippen molar-refractivity contribution in [1.82, 2.24) is 10.6 Å². The van der Waals surface area contributed by atoms with Crippen LogP contribution >= 0.6 is 12.2 Å². The van der Waals surface area contributed by atoms with Gasteiger partial charge < -0.3 is 10.6 Å². The van der Waals surface area contributed by atoms with E-state index in [4.69, 9.17) is 12.2 Å². The summed E-state index contributed by atoms with van der Waals surface area (Å²) in [6.45, 7) is 14.3. The zero-order chi connectivity index (χ0) is 15.9. The molecule has 0 aliphatic heterocycles. The molecular weight excluding hydrogens is 276 g/mol. The molecule has 2 atom stereocenters. The van der Waals surface area contributed by atoms with Crippen LogP contribution in [0.1, 0.15) is 46.0 Å². The van der Waals surface area contributed by atoms with Gasteiger partial charge >= 0.3 is 0 Å². The first-order valence-electron chi connectivity index (χ1n) is 8.02. The summed E-state index contributed by atoms with van der Waals surface area (Å²) < 4.78 is 0. The zero-order valence-electron chi connectivity index (χ0n) is 13.7. The summed E-state index contributed by atoms with van der Waals surface area (Å²) >= 11 is 4.75. The van der Waals surface area contributed by atoms with Gasteiger partial charge in [-0.05, 0) is 38.1 Å². The summed E-state index contributed by atoms with van der Waals surface area (Å²) in [4.78, 5) is 0. The monoisotopic (exact) mass is 308 g/mol. The van der Waals surface area contributed by atoms with Crippen molar-refractivity contribution in [2.45, 2.75) is 52.0 Å². The van der Waals surface area contributed by atoms with Crippen LogP contribution in [0, 0.1) is 5.92 Å². The number of allylic oxidation sites excluding steroid dienone is 2. The molecule has 21 heavy (non-hydrogen) atoms. The lowest BCUT2D eigenvalue weighted by molar-refractivity contribution is 0.455. The maximum Gasteiger partial charge on any atom is 0.0614 e. The molecule has 0 amide bonds. The van der Waals surface area contributed by atoms with Crippen LogP contribution in [0.25, 0.3) is 0 Å². The molecule has 120 valence electrons. The summed E-state index contributed by atoms with van der Waals surface area (Å²) in [5.74, 6) is 0.694. The van der Waals surface area contributed by atoms with E-state index < -0.39 is 0 Å². The second-order valence-corrected chi connectivity index (χ2v) is 5.76. The van der Waals surface area contributed by atoms with Crippen LogP contribution in [0.15, 0.2) is 37.0 Å². The van der Waals surface area contributed by atoms with E-state index in [2.05, 4.69) is 43.7 Å². The molecule has 0 saturated heterocycles. The average Bonchev–Trinajstić information content (AvgIpc) is 2.50. The van der Waals surface area contributed by atoms with Gasteiger partial charge in [0.05, 0.1) is 5.49 Å². The summed E-state index contributed by atoms with van der Waals surface area (Å²) in [5.41, 5.74) is 2.91. The first-order valence-corrected chi connectivity index (χ1v) is 8.49. The van der Waals surface area contributed by atoms with E-state index in [1.165, 1.54) is 18.4 Å². The molecule has 0 bridgehead atoms. The molecule has 0 radical (unpaired) electrons. The Hall–Kier alpha value is -0.930. The SMILES string of the molecule is C=C/C(=C\CCC)CC(C=C)NCCC(C)CCNC=S. The highest BCUT2D eigenvalue weighted by Crippen LogP contribution is 2.11. The number of hydrogen-bond donors (Lipinski definition) is 2. The molecule has 0 fully saturated rings. The standard InChI is InChI=1S/C18H32N2S/c1-5-8-9-17(6-2)14-18(7-3)20-13-11-16(4)10-12-19-15-21/h6-7,9,15-16,18,20H,2-3,5,8,10-14H2,1,4H3,(H,19,21)/b17-9+. The summed E-state index contributed by atoms with van der Waals surface area (Å²) in [7, 11) is 0. The van der Waals surface area contributed by atoms with Crippen molar-refractivity contribution < 1.29 is 0 Å². The first kappa shape index (κ1) is 20.1. The van der Waals surface area contributed by atoms with Crippen LogP contribution < -0.4 is 10.6 Å². The van der Waals surface area contributed by atoms with Crippen LogP contribution in [0.4, 0.5) is 0 Å². The second-order valence-electron chi connectivity index (χ2n) is 5.53. The highest BCUT2D eigenvalue weighted by molar-refractivity contribution is 7.78. The maximum atomic E-state index is 4.75. The molecule has 0 aliphatic carbocycles. The van der Waals surface area contributed by atoms with Crippen LogP contribution in [0.2, 0.25) is 0 Å². The van der Waals surface area contributed by atoms with Crippen molar-refractivity contribution in [3.8, 4) is 0 Å². The fourth-order valence-corrected chi connectivity index (χ4v) is 2.24. The van der Waals surface area contributed by atoms with E-state index >= 15 is 0 Å². The van der Waals surface area contributed by atoms with Gasteiger partial charge in [0, 0.05) is 12.6 Å². The maximum absolute atomic E-state index is 4.75. The normalized spacial score (nSPS) is 14.3. The molecular formula is C18H32N2S. The number of unbranched alkanes of at least 4 members (excludes halogenated alkanes) is 1. The minimum atomic E-state index is 0.331. The Labute approximate surface area is 136 Å².